The zero-order valence-corrected chi connectivity index (χ0v) is 11.8. The van der Waals surface area contributed by atoms with E-state index in [2.05, 4.69) is 20.5 Å². The van der Waals surface area contributed by atoms with Gasteiger partial charge in [0.25, 0.3) is 5.91 Å². The number of aromatic nitrogens is 3. The first kappa shape index (κ1) is 14.2. The fourth-order valence-electron chi connectivity index (χ4n) is 1.79. The number of ether oxygens (including phenoxy) is 1. The summed E-state index contributed by atoms with van der Waals surface area (Å²) in [6.45, 7) is 3.99. The molecule has 1 amide bonds. The van der Waals surface area contributed by atoms with Gasteiger partial charge in [-0.3, -0.25) is 15.2 Å². The summed E-state index contributed by atoms with van der Waals surface area (Å²) in [4.78, 5) is 16.4. The van der Waals surface area contributed by atoms with Gasteiger partial charge in [-0.25, -0.2) is 0 Å². The van der Waals surface area contributed by atoms with Crippen molar-refractivity contribution in [3.05, 3.63) is 41.7 Å². The monoisotopic (exact) mass is 274 g/mol. The number of aromatic amines is 1. The number of nitrogens with one attached hydrogen (secondary N) is 2. The van der Waals surface area contributed by atoms with Crippen molar-refractivity contribution < 1.29 is 9.53 Å². The van der Waals surface area contributed by atoms with Crippen LogP contribution in [0.3, 0.4) is 0 Å². The Morgan fingerprint density at radius 2 is 2.00 bits per heavy atom. The summed E-state index contributed by atoms with van der Waals surface area (Å²) in [7, 11) is 1.49. The van der Waals surface area contributed by atoms with E-state index in [4.69, 9.17) is 4.74 Å². The number of hydrogen-bond acceptors (Lipinski definition) is 4. The number of hydrogen-bond donors (Lipinski definition) is 2. The van der Waals surface area contributed by atoms with E-state index in [0.717, 1.165) is 11.4 Å². The molecule has 0 aliphatic rings. The second-order valence-electron chi connectivity index (χ2n) is 4.71. The molecule has 0 fully saturated rings. The topological polar surface area (TPSA) is 79.9 Å². The van der Waals surface area contributed by atoms with Crippen molar-refractivity contribution in [1.82, 2.24) is 15.2 Å². The molecular weight excluding hydrogens is 256 g/mol. The highest BCUT2D eigenvalue weighted by Crippen LogP contribution is 2.18. The van der Waals surface area contributed by atoms with E-state index in [1.807, 2.05) is 44.2 Å². The fraction of sp³-hybridized carbons (Fsp3) is 0.357. The summed E-state index contributed by atoms with van der Waals surface area (Å²) in [5, 5.41) is 9.40. The van der Waals surface area contributed by atoms with Crippen molar-refractivity contribution in [2.75, 3.05) is 12.4 Å². The third kappa shape index (κ3) is 3.21. The molecule has 1 heterocycles. The highest BCUT2D eigenvalue weighted by Gasteiger charge is 2.21. The molecule has 6 heteroatoms. The number of amides is 1. The number of nitrogens with zero attached hydrogens (tertiary/aromatic N) is 2. The van der Waals surface area contributed by atoms with Crippen LogP contribution in [0.5, 0.6) is 0 Å². The molecule has 0 spiro atoms. The molecule has 0 aliphatic carbocycles. The van der Waals surface area contributed by atoms with Crippen LogP contribution in [0.1, 0.15) is 37.3 Å². The number of carbonyl (C=O) groups is 1. The first-order valence-corrected chi connectivity index (χ1v) is 6.42. The molecule has 0 saturated carbocycles. The molecule has 0 saturated heterocycles. The van der Waals surface area contributed by atoms with Gasteiger partial charge < -0.3 is 4.74 Å². The van der Waals surface area contributed by atoms with Gasteiger partial charge in [0.1, 0.15) is 5.82 Å². The van der Waals surface area contributed by atoms with Crippen LogP contribution in [-0.2, 0) is 9.53 Å². The summed E-state index contributed by atoms with van der Waals surface area (Å²) in [5.74, 6) is 0.916. The van der Waals surface area contributed by atoms with Gasteiger partial charge >= 0.3 is 0 Å². The van der Waals surface area contributed by atoms with Crippen molar-refractivity contribution in [2.45, 2.75) is 25.9 Å². The Hall–Kier alpha value is -2.21. The van der Waals surface area contributed by atoms with Gasteiger partial charge in [0.05, 0.1) is 0 Å². The van der Waals surface area contributed by atoms with Crippen LogP contribution < -0.4 is 5.32 Å². The second-order valence-corrected chi connectivity index (χ2v) is 4.71. The molecule has 2 N–H and O–H groups in total. The van der Waals surface area contributed by atoms with E-state index in [-0.39, 0.29) is 17.8 Å². The highest BCUT2D eigenvalue weighted by molar-refractivity contribution is 5.93. The van der Waals surface area contributed by atoms with Crippen LogP contribution in [0, 0.1) is 0 Å². The van der Waals surface area contributed by atoms with E-state index in [0.29, 0.717) is 0 Å². The molecule has 20 heavy (non-hydrogen) atoms. The smallest absolute Gasteiger partial charge is 0.260 e. The molecule has 2 rings (SSSR count). The first-order valence-electron chi connectivity index (χ1n) is 6.42. The summed E-state index contributed by atoms with van der Waals surface area (Å²) in [6.07, 6.45) is -0.683. The van der Waals surface area contributed by atoms with Gasteiger partial charge in [0.15, 0.2) is 6.10 Å². The molecule has 1 aromatic carbocycles. The summed E-state index contributed by atoms with van der Waals surface area (Å²) >= 11 is 0. The van der Waals surface area contributed by atoms with Crippen molar-refractivity contribution in [3.8, 4) is 0 Å². The van der Waals surface area contributed by atoms with Gasteiger partial charge in [-0.2, -0.15) is 4.98 Å². The lowest BCUT2D eigenvalue weighted by Gasteiger charge is -2.14. The lowest BCUT2D eigenvalue weighted by Crippen LogP contribution is -2.23. The largest absolute Gasteiger partial charge is 0.367 e. The van der Waals surface area contributed by atoms with E-state index < -0.39 is 6.10 Å². The molecule has 2 aromatic rings. The number of H-pyrrole nitrogens is 1. The Kier molecular flexibility index (Phi) is 4.47. The molecule has 0 radical (unpaired) electrons. The zero-order chi connectivity index (χ0) is 14.5. The molecule has 0 unspecified atom stereocenters. The van der Waals surface area contributed by atoms with Crippen molar-refractivity contribution in [1.29, 1.82) is 0 Å². The quantitative estimate of drug-likeness (QED) is 0.876. The number of methoxy groups -OCH3 is 1. The lowest BCUT2D eigenvalue weighted by molar-refractivity contribution is -0.126. The average Bonchev–Trinajstić information content (AvgIpc) is 2.89. The molecule has 0 aliphatic heterocycles. The average molecular weight is 274 g/mol. The minimum atomic E-state index is -0.683. The van der Waals surface area contributed by atoms with Gasteiger partial charge in [-0.15, -0.1) is 5.10 Å². The Labute approximate surface area is 117 Å². The maximum atomic E-state index is 12.2. The summed E-state index contributed by atoms with van der Waals surface area (Å²) < 4.78 is 5.25. The van der Waals surface area contributed by atoms with Crippen LogP contribution >= 0.6 is 0 Å². The normalized spacial score (nSPS) is 12.4. The van der Waals surface area contributed by atoms with Crippen LogP contribution in [0.15, 0.2) is 30.3 Å². The summed E-state index contributed by atoms with van der Waals surface area (Å²) in [6, 6.07) is 9.28. The Balaban J connectivity index is 2.09. The molecule has 1 aromatic heterocycles. The van der Waals surface area contributed by atoms with E-state index in [9.17, 15) is 4.79 Å². The van der Waals surface area contributed by atoms with Crippen molar-refractivity contribution in [3.63, 3.8) is 0 Å². The number of rotatable bonds is 5. The molecular formula is C14H18N4O2. The predicted molar refractivity (Wildman–Crippen MR) is 75.3 cm³/mol. The minimum Gasteiger partial charge on any atom is -0.367 e. The molecule has 0 bridgehead atoms. The Morgan fingerprint density at radius 3 is 2.55 bits per heavy atom. The zero-order valence-electron chi connectivity index (χ0n) is 11.8. The van der Waals surface area contributed by atoms with Crippen LogP contribution in [0.4, 0.5) is 5.95 Å². The van der Waals surface area contributed by atoms with Gasteiger partial charge in [0.2, 0.25) is 5.95 Å². The van der Waals surface area contributed by atoms with E-state index in [1.165, 1.54) is 7.11 Å². The Bertz CT molecular complexity index is 566. The van der Waals surface area contributed by atoms with Crippen molar-refractivity contribution >= 4 is 11.9 Å². The highest BCUT2D eigenvalue weighted by atomic mass is 16.5. The number of anilines is 1. The third-order valence-corrected chi connectivity index (χ3v) is 2.86. The maximum absolute atomic E-state index is 12.2. The number of benzene rings is 1. The van der Waals surface area contributed by atoms with Crippen LogP contribution in [0.25, 0.3) is 0 Å². The standard InChI is InChI=1S/C14H18N4O2/c1-9(2)12-15-14(18-17-12)16-13(19)11(20-3)10-7-5-4-6-8-10/h4-9,11H,1-3H3,(H2,15,16,17,18,19)/t11-/m0/s1. The first-order chi connectivity index (χ1) is 9.61. The maximum Gasteiger partial charge on any atom is 0.260 e. The third-order valence-electron chi connectivity index (χ3n) is 2.86. The minimum absolute atomic E-state index is 0.223. The van der Waals surface area contributed by atoms with E-state index >= 15 is 0 Å². The predicted octanol–water partition coefficient (Wildman–Crippen LogP) is 2.25. The number of carbonyl (C=O) groups excluding carboxylic acids is 1. The van der Waals surface area contributed by atoms with Gasteiger partial charge in [0, 0.05) is 13.0 Å². The molecule has 106 valence electrons. The van der Waals surface area contributed by atoms with Crippen LogP contribution in [0.2, 0.25) is 0 Å². The SMILES string of the molecule is CO[C@H](C(=O)Nc1n[nH]c(C(C)C)n1)c1ccccc1. The second kappa shape index (κ2) is 6.29. The van der Waals surface area contributed by atoms with Gasteiger partial charge in [-0.05, 0) is 5.56 Å². The van der Waals surface area contributed by atoms with Gasteiger partial charge in [-0.1, -0.05) is 44.2 Å². The van der Waals surface area contributed by atoms with Crippen molar-refractivity contribution in [2.24, 2.45) is 0 Å². The lowest BCUT2D eigenvalue weighted by atomic mass is 10.1. The Morgan fingerprint density at radius 1 is 1.30 bits per heavy atom. The molecule has 6 nitrogen and oxygen atoms in total. The molecule has 1 atom stereocenters. The van der Waals surface area contributed by atoms with Crippen LogP contribution in [-0.4, -0.2) is 28.2 Å². The summed E-state index contributed by atoms with van der Waals surface area (Å²) in [5.41, 5.74) is 0.784. The van der Waals surface area contributed by atoms with E-state index in [1.54, 1.807) is 0 Å². The fourth-order valence-corrected chi connectivity index (χ4v) is 1.79.